The minimum Gasteiger partial charge on any atom is -0.462 e. The van der Waals surface area contributed by atoms with E-state index >= 15 is 8.78 Å². The zero-order chi connectivity index (χ0) is 31.0. The second kappa shape index (κ2) is 11.9. The Bertz CT molecular complexity index is 1480. The topological polar surface area (TPSA) is 159 Å². The highest BCUT2D eigenvalue weighted by molar-refractivity contribution is 8.09. The summed E-state index contributed by atoms with van der Waals surface area (Å²) in [5.74, 6) is -3.27. The number of carbonyl (C=O) groups excluding carboxylic acids is 1. The fourth-order valence-electron chi connectivity index (χ4n) is 4.27. The molecule has 3 heterocycles. The Labute approximate surface area is 246 Å². The number of para-hydroxylation sites is 1. The van der Waals surface area contributed by atoms with Crippen LogP contribution in [-0.2, 0) is 30.6 Å². The number of nitrogens with zero attached hydrogens (tertiary/aromatic N) is 5. The quantitative estimate of drug-likeness (QED) is 0.210. The highest BCUT2D eigenvalue weighted by atomic mass is 32.5. The summed E-state index contributed by atoms with van der Waals surface area (Å²) >= 11 is 5.60. The fourth-order valence-corrected chi connectivity index (χ4v) is 6.67. The Morgan fingerprint density at radius 1 is 1.29 bits per heavy atom. The SMILES string of the molecule is CC(C)OC(=O)[C@H](C)NP(=S)(OC[C@@]1(F)O[C@@H](n2cnc3c(N(C)C)nc(N)nc32)[C@](C)(F)[C@@H]1O)Oc1ccccc1. The number of nitrogen functional groups attached to an aromatic ring is 1. The first-order valence-electron chi connectivity index (χ1n) is 12.9. The van der Waals surface area contributed by atoms with E-state index in [0.29, 0.717) is 5.82 Å². The molecule has 0 amide bonds. The molecule has 1 aromatic carbocycles. The molecule has 4 rings (SSSR count). The van der Waals surface area contributed by atoms with E-state index in [9.17, 15) is 9.90 Å². The first-order valence-corrected chi connectivity index (χ1v) is 15.6. The van der Waals surface area contributed by atoms with Gasteiger partial charge in [0.25, 0.3) is 5.85 Å². The summed E-state index contributed by atoms with van der Waals surface area (Å²) in [6.07, 6.45) is -3.29. The van der Waals surface area contributed by atoms with Crippen LogP contribution >= 0.6 is 6.64 Å². The average molecular weight is 630 g/mol. The number of carbonyl (C=O) groups is 1. The van der Waals surface area contributed by atoms with Gasteiger partial charge in [-0.2, -0.15) is 9.97 Å². The maximum Gasteiger partial charge on any atom is 0.323 e. The lowest BCUT2D eigenvalue weighted by Crippen LogP contribution is -2.47. The van der Waals surface area contributed by atoms with Crippen LogP contribution in [0.15, 0.2) is 36.7 Å². The van der Waals surface area contributed by atoms with Crippen LogP contribution in [0.1, 0.15) is 33.9 Å². The van der Waals surface area contributed by atoms with Crippen molar-refractivity contribution in [3.63, 3.8) is 0 Å². The number of alkyl halides is 2. The average Bonchev–Trinajstić information content (AvgIpc) is 3.39. The predicted molar refractivity (Wildman–Crippen MR) is 155 cm³/mol. The lowest BCUT2D eigenvalue weighted by molar-refractivity contribution is -0.202. The van der Waals surface area contributed by atoms with E-state index in [1.807, 2.05) is 0 Å². The van der Waals surface area contributed by atoms with Crippen molar-refractivity contribution in [2.24, 2.45) is 0 Å². The number of fused-ring (bicyclic) bond motifs is 1. The number of aliphatic hydroxyl groups excluding tert-OH is 1. The summed E-state index contributed by atoms with van der Waals surface area (Å²) < 4.78 is 55.8. The van der Waals surface area contributed by atoms with Gasteiger partial charge in [-0.15, -0.1) is 0 Å². The van der Waals surface area contributed by atoms with Gasteiger partial charge in [0.15, 0.2) is 35.0 Å². The largest absolute Gasteiger partial charge is 0.462 e. The Hall–Kier alpha value is -3.01. The summed E-state index contributed by atoms with van der Waals surface area (Å²) in [6.45, 7) is 1.02. The number of hydrogen-bond donors (Lipinski definition) is 3. The molecule has 0 saturated carbocycles. The zero-order valence-corrected chi connectivity index (χ0v) is 25.6. The highest BCUT2D eigenvalue weighted by Gasteiger charge is 2.65. The lowest BCUT2D eigenvalue weighted by Gasteiger charge is -2.30. The monoisotopic (exact) mass is 629 g/mol. The van der Waals surface area contributed by atoms with Gasteiger partial charge in [-0.1, -0.05) is 18.2 Å². The van der Waals surface area contributed by atoms with Crippen LogP contribution in [0.3, 0.4) is 0 Å². The minimum atomic E-state index is -3.73. The Balaban J connectivity index is 1.62. The molecule has 3 aromatic rings. The second-order valence-electron chi connectivity index (χ2n) is 10.4. The summed E-state index contributed by atoms with van der Waals surface area (Å²) in [5.41, 5.74) is 3.48. The summed E-state index contributed by atoms with van der Waals surface area (Å²) in [5, 5.41) is 13.6. The highest BCUT2D eigenvalue weighted by Crippen LogP contribution is 2.52. The van der Waals surface area contributed by atoms with Gasteiger partial charge in [-0.05, 0) is 51.6 Å². The van der Waals surface area contributed by atoms with E-state index in [1.165, 1.54) is 13.3 Å². The number of imidazole rings is 1. The van der Waals surface area contributed by atoms with Gasteiger partial charge < -0.3 is 34.3 Å². The molecular weight excluding hydrogens is 595 g/mol. The van der Waals surface area contributed by atoms with Crippen molar-refractivity contribution in [3.8, 4) is 5.75 Å². The number of aliphatic hydroxyl groups is 1. The fraction of sp³-hybridized carbons (Fsp3) is 0.520. The molecule has 1 aliphatic heterocycles. The number of nitrogens with one attached hydrogen (secondary N) is 1. The van der Waals surface area contributed by atoms with Gasteiger partial charge in [-0.3, -0.25) is 9.36 Å². The molecular formula is C25H34F2N7O6PS. The van der Waals surface area contributed by atoms with Crippen LogP contribution in [0.2, 0.25) is 0 Å². The molecule has 1 unspecified atom stereocenters. The van der Waals surface area contributed by atoms with Crippen LogP contribution in [0.4, 0.5) is 20.5 Å². The molecule has 6 atom stereocenters. The van der Waals surface area contributed by atoms with E-state index in [-0.39, 0.29) is 22.9 Å². The first kappa shape index (κ1) is 31.9. The first-order chi connectivity index (χ1) is 19.6. The Morgan fingerprint density at radius 3 is 2.57 bits per heavy atom. The van der Waals surface area contributed by atoms with Gasteiger partial charge in [-0.25, -0.2) is 18.9 Å². The molecule has 0 bridgehead atoms. The molecule has 2 aromatic heterocycles. The van der Waals surface area contributed by atoms with E-state index in [2.05, 4.69) is 20.0 Å². The number of hydrogen-bond acceptors (Lipinski definition) is 12. The van der Waals surface area contributed by atoms with Crippen LogP contribution < -0.4 is 20.2 Å². The van der Waals surface area contributed by atoms with Crippen molar-refractivity contribution in [1.82, 2.24) is 24.6 Å². The van der Waals surface area contributed by atoms with Crippen molar-refractivity contribution < 1.29 is 37.2 Å². The van der Waals surface area contributed by atoms with Crippen molar-refractivity contribution in [2.75, 3.05) is 31.3 Å². The molecule has 0 spiro atoms. The third-order valence-electron chi connectivity index (χ3n) is 6.29. The van der Waals surface area contributed by atoms with Crippen molar-refractivity contribution in [2.45, 2.75) is 63.7 Å². The summed E-state index contributed by atoms with van der Waals surface area (Å²) in [6, 6.07) is 7.26. The molecule has 0 aliphatic carbocycles. The van der Waals surface area contributed by atoms with Crippen LogP contribution in [0.5, 0.6) is 5.75 Å². The van der Waals surface area contributed by atoms with Crippen molar-refractivity contribution in [1.29, 1.82) is 0 Å². The molecule has 13 nitrogen and oxygen atoms in total. The summed E-state index contributed by atoms with van der Waals surface area (Å²) in [4.78, 5) is 26.6. The number of benzene rings is 1. The predicted octanol–water partition coefficient (Wildman–Crippen LogP) is 3.01. The van der Waals surface area contributed by atoms with Gasteiger partial charge >= 0.3 is 12.6 Å². The van der Waals surface area contributed by atoms with E-state index in [4.69, 9.17) is 36.1 Å². The Kier molecular flexibility index (Phi) is 9.07. The van der Waals surface area contributed by atoms with Gasteiger partial charge in [0, 0.05) is 14.1 Å². The van der Waals surface area contributed by atoms with Crippen molar-refractivity contribution >= 4 is 47.3 Å². The van der Waals surface area contributed by atoms with Crippen molar-refractivity contribution in [3.05, 3.63) is 36.7 Å². The summed E-state index contributed by atoms with van der Waals surface area (Å²) in [7, 11) is 3.41. The van der Waals surface area contributed by atoms with Gasteiger partial charge in [0.1, 0.15) is 18.4 Å². The number of halogens is 2. The Morgan fingerprint density at radius 2 is 1.95 bits per heavy atom. The molecule has 17 heteroatoms. The zero-order valence-electron chi connectivity index (χ0n) is 23.9. The maximum atomic E-state index is 16.3. The number of anilines is 2. The van der Waals surface area contributed by atoms with E-state index in [1.54, 1.807) is 63.2 Å². The number of rotatable bonds is 11. The smallest absolute Gasteiger partial charge is 0.323 e. The third-order valence-corrected chi connectivity index (χ3v) is 8.77. The molecule has 1 fully saturated rings. The maximum absolute atomic E-state index is 16.3. The third kappa shape index (κ3) is 6.48. The standard InChI is InChI=1S/C25H34F2N7O6PS/c1-14(2)38-20(35)15(3)32-41(42,40-16-10-8-7-9-11-16)37-12-25(27)21(36)24(4,26)22(39-25)34-13-29-17-18(33(5)6)30-23(28)31-19(17)34/h7-11,13-15,21-22,36H,12H2,1-6H3,(H,32,42)(H2,28,30,31)/t15-,21-,22+,24+,25+,41?/m0/s1. The number of esters is 1. The van der Waals surface area contributed by atoms with Gasteiger partial charge in [0.2, 0.25) is 5.95 Å². The number of nitrogens with two attached hydrogens (primary N) is 1. The number of aromatic nitrogens is 4. The molecule has 4 N–H and O–H groups in total. The van der Waals surface area contributed by atoms with E-state index < -0.39 is 55.2 Å². The van der Waals surface area contributed by atoms with Crippen LogP contribution in [-0.4, -0.2) is 81.1 Å². The van der Waals surface area contributed by atoms with Crippen LogP contribution in [0, 0.1) is 0 Å². The molecule has 42 heavy (non-hydrogen) atoms. The number of ether oxygens (including phenoxy) is 2. The molecule has 0 radical (unpaired) electrons. The van der Waals surface area contributed by atoms with Gasteiger partial charge in [0.05, 0.1) is 12.4 Å². The van der Waals surface area contributed by atoms with Crippen LogP contribution in [0.25, 0.3) is 11.2 Å². The molecule has 1 aliphatic rings. The lowest BCUT2D eigenvalue weighted by atomic mass is 9.97. The normalized spacial score (nSPS) is 26.2. The molecule has 1 saturated heterocycles. The second-order valence-corrected chi connectivity index (χ2v) is 13.6. The van der Waals surface area contributed by atoms with E-state index in [0.717, 1.165) is 11.5 Å². The molecule has 230 valence electrons. The minimum absolute atomic E-state index is 0.0640.